The minimum atomic E-state index is -1.77. The van der Waals surface area contributed by atoms with Gasteiger partial charge < -0.3 is 54.0 Å². The van der Waals surface area contributed by atoms with Crippen molar-refractivity contribution >= 4 is 21.9 Å². The number of phenolic OH excluding ortho intramolecular Hbond substituents is 2. The first kappa shape index (κ1) is 22.9. The lowest BCUT2D eigenvalue weighted by molar-refractivity contribution is -0.277. The van der Waals surface area contributed by atoms with Crippen LogP contribution in [0, 0.1) is 0 Å². The highest BCUT2D eigenvalue weighted by molar-refractivity contribution is 6.01. The Labute approximate surface area is 185 Å². The molecule has 0 amide bonds. The molecule has 1 fully saturated rings. The molecule has 2 aromatic carbocycles. The smallest absolute Gasteiger partial charge is 0.229 e. The molecule has 0 aliphatic carbocycles. The molecule has 1 saturated heterocycles. The maximum Gasteiger partial charge on any atom is 0.229 e. The zero-order valence-corrected chi connectivity index (χ0v) is 17.5. The Bertz CT molecular complexity index is 1250. The van der Waals surface area contributed by atoms with Gasteiger partial charge in [-0.3, -0.25) is 4.79 Å². The number of hydrogen-bond acceptors (Lipinski definition) is 12. The Kier molecular flexibility index (Phi) is 5.95. The van der Waals surface area contributed by atoms with Gasteiger partial charge in [0.2, 0.25) is 17.5 Å². The maximum atomic E-state index is 13.4. The highest BCUT2D eigenvalue weighted by atomic mass is 16.7. The number of aliphatic hydroxyl groups is 4. The first-order chi connectivity index (χ1) is 15.7. The van der Waals surface area contributed by atoms with Gasteiger partial charge in [-0.25, -0.2) is 0 Å². The van der Waals surface area contributed by atoms with E-state index in [1.165, 1.54) is 26.4 Å². The summed E-state index contributed by atoms with van der Waals surface area (Å²) in [5.41, 5.74) is -1.14. The zero-order valence-electron chi connectivity index (χ0n) is 17.5. The third kappa shape index (κ3) is 3.57. The van der Waals surface area contributed by atoms with E-state index in [2.05, 4.69) is 0 Å². The van der Waals surface area contributed by atoms with Crippen molar-refractivity contribution in [3.8, 4) is 28.7 Å². The summed E-state index contributed by atoms with van der Waals surface area (Å²) in [5, 5.41) is 59.9. The van der Waals surface area contributed by atoms with Crippen molar-refractivity contribution in [1.29, 1.82) is 0 Å². The zero-order chi connectivity index (χ0) is 24.0. The van der Waals surface area contributed by atoms with Crippen LogP contribution in [0.4, 0.5) is 0 Å². The van der Waals surface area contributed by atoms with Crippen LogP contribution in [0.1, 0.15) is 0 Å². The monoisotopic (exact) mass is 466 g/mol. The van der Waals surface area contributed by atoms with Gasteiger partial charge in [-0.05, 0) is 12.1 Å². The van der Waals surface area contributed by atoms with Gasteiger partial charge in [0.15, 0.2) is 22.7 Å². The van der Waals surface area contributed by atoms with E-state index in [0.717, 1.165) is 6.07 Å². The molecular formula is C21H22O12. The number of ether oxygens (including phenoxy) is 4. The van der Waals surface area contributed by atoms with Crippen LogP contribution in [-0.4, -0.2) is 82.2 Å². The maximum absolute atomic E-state index is 13.4. The normalized spacial score (nSPS) is 25.3. The van der Waals surface area contributed by atoms with Gasteiger partial charge in [-0.15, -0.1) is 0 Å². The van der Waals surface area contributed by atoms with Crippen molar-refractivity contribution in [3.05, 3.63) is 28.4 Å². The van der Waals surface area contributed by atoms with E-state index >= 15 is 0 Å². The molecule has 0 unspecified atom stereocenters. The van der Waals surface area contributed by atoms with Gasteiger partial charge >= 0.3 is 0 Å². The molecule has 1 aliphatic rings. The Morgan fingerprint density at radius 2 is 1.64 bits per heavy atom. The molecule has 2 heterocycles. The molecule has 5 atom stereocenters. The van der Waals surface area contributed by atoms with Crippen LogP contribution in [0.25, 0.3) is 21.9 Å². The number of benzene rings is 2. The lowest BCUT2D eigenvalue weighted by Crippen LogP contribution is -2.60. The van der Waals surface area contributed by atoms with Crippen molar-refractivity contribution < 1.29 is 54.0 Å². The van der Waals surface area contributed by atoms with E-state index < -0.39 is 54.2 Å². The summed E-state index contributed by atoms with van der Waals surface area (Å²) in [6.07, 6.45) is -8.04. The standard InChI is InChI=1S/C21H22O12/c1-29-9-4-3-7(23)12-15(26)13-10(5-8(24)18(30-2)20(13)33-19(9)12)31-21-17(28)16(27)14(25)11(6-22)32-21/h3-5,11,14,16-17,21-25,27-28H,6H2,1-2H3/t11-,14-,16-,17-,21-/m0/s1. The van der Waals surface area contributed by atoms with Crippen LogP contribution in [0.2, 0.25) is 0 Å². The summed E-state index contributed by atoms with van der Waals surface area (Å²) >= 11 is 0. The van der Waals surface area contributed by atoms with Crippen LogP contribution in [0.3, 0.4) is 0 Å². The SMILES string of the molecule is COc1ccc(O)c2c(=O)c3c(O[C@H]4O[C@@H](CO)[C@H](O)[C@H](O)[C@@H]4O)cc(O)c(OC)c3oc12. The fraction of sp³-hybridized carbons (Fsp3) is 0.381. The molecular weight excluding hydrogens is 444 g/mol. The molecule has 0 saturated carbocycles. The summed E-state index contributed by atoms with van der Waals surface area (Å²) in [5.74, 6) is -1.33. The minimum Gasteiger partial charge on any atom is -0.507 e. The van der Waals surface area contributed by atoms with Gasteiger partial charge in [0.1, 0.15) is 46.7 Å². The fourth-order valence-corrected chi connectivity index (χ4v) is 3.76. The molecule has 0 radical (unpaired) electrons. The van der Waals surface area contributed by atoms with E-state index in [-0.39, 0.29) is 39.2 Å². The second kappa shape index (κ2) is 8.57. The van der Waals surface area contributed by atoms with Gasteiger partial charge in [0.25, 0.3) is 0 Å². The molecule has 178 valence electrons. The lowest BCUT2D eigenvalue weighted by atomic mass is 9.99. The van der Waals surface area contributed by atoms with Crippen LogP contribution in [-0.2, 0) is 4.74 Å². The van der Waals surface area contributed by atoms with Crippen LogP contribution in [0.5, 0.6) is 28.7 Å². The molecule has 3 aromatic rings. The largest absolute Gasteiger partial charge is 0.507 e. The Morgan fingerprint density at radius 3 is 2.27 bits per heavy atom. The van der Waals surface area contributed by atoms with Gasteiger partial charge in [-0.2, -0.15) is 0 Å². The number of aromatic hydroxyl groups is 2. The molecule has 12 heteroatoms. The first-order valence-corrected chi connectivity index (χ1v) is 9.77. The fourth-order valence-electron chi connectivity index (χ4n) is 3.76. The minimum absolute atomic E-state index is 0.113. The van der Waals surface area contributed by atoms with Crippen molar-refractivity contribution in [2.24, 2.45) is 0 Å². The second-order valence-electron chi connectivity index (χ2n) is 7.37. The van der Waals surface area contributed by atoms with E-state index in [1.54, 1.807) is 0 Å². The molecule has 1 aromatic heterocycles. The Morgan fingerprint density at radius 1 is 0.909 bits per heavy atom. The number of rotatable bonds is 5. The van der Waals surface area contributed by atoms with E-state index in [1.807, 2.05) is 0 Å². The van der Waals surface area contributed by atoms with Crippen molar-refractivity contribution in [1.82, 2.24) is 0 Å². The molecule has 6 N–H and O–H groups in total. The average molecular weight is 466 g/mol. The third-order valence-electron chi connectivity index (χ3n) is 5.45. The number of phenols is 2. The summed E-state index contributed by atoms with van der Waals surface area (Å²) in [7, 11) is 2.57. The predicted octanol–water partition coefficient (Wildman–Crippen LogP) is -0.447. The third-order valence-corrected chi connectivity index (χ3v) is 5.45. The van der Waals surface area contributed by atoms with E-state index in [4.69, 9.17) is 23.4 Å². The number of hydrogen-bond donors (Lipinski definition) is 6. The van der Waals surface area contributed by atoms with Crippen molar-refractivity contribution in [3.63, 3.8) is 0 Å². The first-order valence-electron chi connectivity index (χ1n) is 9.77. The molecule has 12 nitrogen and oxygen atoms in total. The molecule has 33 heavy (non-hydrogen) atoms. The number of fused-ring (bicyclic) bond motifs is 2. The van der Waals surface area contributed by atoms with Gasteiger partial charge in [-0.1, -0.05) is 0 Å². The number of methoxy groups -OCH3 is 2. The van der Waals surface area contributed by atoms with Gasteiger partial charge in [0, 0.05) is 6.07 Å². The summed E-state index contributed by atoms with van der Waals surface area (Å²) in [6.45, 7) is -0.695. The van der Waals surface area contributed by atoms with Crippen LogP contribution >= 0.6 is 0 Å². The predicted molar refractivity (Wildman–Crippen MR) is 111 cm³/mol. The molecule has 4 rings (SSSR count). The van der Waals surface area contributed by atoms with Crippen LogP contribution in [0.15, 0.2) is 27.4 Å². The number of aliphatic hydroxyl groups excluding tert-OH is 4. The highest BCUT2D eigenvalue weighted by Gasteiger charge is 2.45. The Hall–Kier alpha value is -3.29. The van der Waals surface area contributed by atoms with Gasteiger partial charge in [0.05, 0.1) is 20.8 Å². The van der Waals surface area contributed by atoms with Crippen molar-refractivity contribution in [2.75, 3.05) is 20.8 Å². The van der Waals surface area contributed by atoms with Crippen LogP contribution < -0.4 is 19.6 Å². The molecule has 1 aliphatic heterocycles. The lowest BCUT2D eigenvalue weighted by Gasteiger charge is -2.39. The highest BCUT2D eigenvalue weighted by Crippen LogP contribution is 2.43. The average Bonchev–Trinajstić information content (AvgIpc) is 2.79. The molecule has 0 spiro atoms. The summed E-state index contributed by atoms with van der Waals surface area (Å²) < 4.78 is 27.1. The summed E-state index contributed by atoms with van der Waals surface area (Å²) in [6, 6.07) is 3.62. The van der Waals surface area contributed by atoms with E-state index in [9.17, 15) is 35.4 Å². The van der Waals surface area contributed by atoms with E-state index in [0.29, 0.717) is 0 Å². The van der Waals surface area contributed by atoms with Crippen molar-refractivity contribution in [2.45, 2.75) is 30.7 Å². The summed E-state index contributed by atoms with van der Waals surface area (Å²) in [4.78, 5) is 13.4. The second-order valence-corrected chi connectivity index (χ2v) is 7.37. The topological polar surface area (TPSA) is 189 Å². The molecule has 0 bridgehead atoms. The quantitative estimate of drug-likeness (QED) is 0.266. The Balaban J connectivity index is 1.96.